The number of rotatable bonds is 7. The second kappa shape index (κ2) is 7.62. The molecule has 1 aromatic rings. The zero-order chi connectivity index (χ0) is 16.0. The van der Waals surface area contributed by atoms with Crippen molar-refractivity contribution in [2.75, 3.05) is 23.7 Å². The number of hydrogen-bond acceptors (Lipinski definition) is 4. The lowest BCUT2D eigenvalue weighted by molar-refractivity contribution is 0.274. The van der Waals surface area contributed by atoms with Gasteiger partial charge >= 0.3 is 0 Å². The van der Waals surface area contributed by atoms with Crippen LogP contribution in [0.1, 0.15) is 59.4 Å². The Morgan fingerprint density at radius 1 is 1.05 bits per heavy atom. The summed E-state index contributed by atoms with van der Waals surface area (Å²) >= 11 is 0. The van der Waals surface area contributed by atoms with Gasteiger partial charge in [-0.2, -0.15) is 0 Å². The van der Waals surface area contributed by atoms with E-state index in [9.17, 15) is 0 Å². The molecule has 0 aliphatic rings. The lowest BCUT2D eigenvalue weighted by atomic mass is 9.82. The maximum Gasteiger partial charge on any atom is 0.134 e. The minimum absolute atomic E-state index is 0.296. The third-order valence-electron chi connectivity index (χ3n) is 4.10. The lowest BCUT2D eigenvalue weighted by Crippen LogP contribution is -2.25. The average molecular weight is 292 g/mol. The maximum atomic E-state index is 4.65. The quantitative estimate of drug-likeness (QED) is 0.788. The van der Waals surface area contributed by atoms with Gasteiger partial charge < -0.3 is 10.6 Å². The van der Waals surface area contributed by atoms with Crippen LogP contribution in [-0.2, 0) is 6.42 Å². The van der Waals surface area contributed by atoms with Gasteiger partial charge in [0.1, 0.15) is 17.5 Å². The Hall–Kier alpha value is -1.32. The van der Waals surface area contributed by atoms with Crippen LogP contribution in [0.15, 0.2) is 0 Å². The van der Waals surface area contributed by atoms with E-state index in [0.717, 1.165) is 49.0 Å². The maximum absolute atomic E-state index is 4.65. The first-order chi connectivity index (χ1) is 9.79. The predicted octanol–water partition coefficient (Wildman–Crippen LogP) is 4.26. The number of hydrogen-bond donors (Lipinski definition) is 2. The molecule has 120 valence electrons. The molecular weight excluding hydrogens is 260 g/mol. The Balaban J connectivity index is 2.90. The smallest absolute Gasteiger partial charge is 0.134 e. The molecule has 0 saturated heterocycles. The van der Waals surface area contributed by atoms with Crippen molar-refractivity contribution in [3.8, 4) is 0 Å². The predicted molar refractivity (Wildman–Crippen MR) is 92.0 cm³/mol. The summed E-state index contributed by atoms with van der Waals surface area (Å²) in [5, 5.41) is 6.92. The molecule has 4 nitrogen and oxygen atoms in total. The normalized spacial score (nSPS) is 13.1. The van der Waals surface area contributed by atoms with Crippen LogP contribution in [-0.4, -0.2) is 23.1 Å². The minimum atomic E-state index is 0.296. The van der Waals surface area contributed by atoms with Crippen LogP contribution in [0, 0.1) is 18.3 Å². The Bertz CT molecular complexity index is 449. The molecule has 0 bridgehead atoms. The third-order valence-corrected chi connectivity index (χ3v) is 4.10. The van der Waals surface area contributed by atoms with Gasteiger partial charge in [-0.1, -0.05) is 41.5 Å². The van der Waals surface area contributed by atoms with Crippen molar-refractivity contribution >= 4 is 11.6 Å². The fraction of sp³-hybridized carbons (Fsp3) is 0.765. The highest BCUT2D eigenvalue weighted by Gasteiger charge is 2.20. The van der Waals surface area contributed by atoms with Crippen molar-refractivity contribution in [3.63, 3.8) is 0 Å². The van der Waals surface area contributed by atoms with Crippen molar-refractivity contribution in [2.24, 2.45) is 11.3 Å². The summed E-state index contributed by atoms with van der Waals surface area (Å²) in [7, 11) is 0. The van der Waals surface area contributed by atoms with Gasteiger partial charge in [-0.05, 0) is 24.7 Å². The highest BCUT2D eigenvalue weighted by molar-refractivity contribution is 5.57. The molecule has 0 amide bonds. The molecule has 1 atom stereocenters. The number of nitrogens with zero attached hydrogens (tertiary/aromatic N) is 2. The first-order valence-corrected chi connectivity index (χ1v) is 8.14. The Labute approximate surface area is 130 Å². The van der Waals surface area contributed by atoms with Gasteiger partial charge in [-0.15, -0.1) is 0 Å². The summed E-state index contributed by atoms with van der Waals surface area (Å²) in [5.74, 6) is 3.40. The van der Waals surface area contributed by atoms with E-state index in [1.54, 1.807) is 0 Å². The van der Waals surface area contributed by atoms with Crippen LogP contribution in [0.4, 0.5) is 11.6 Å². The summed E-state index contributed by atoms with van der Waals surface area (Å²) in [6.07, 6.45) is 1.94. The monoisotopic (exact) mass is 292 g/mol. The van der Waals surface area contributed by atoms with Crippen molar-refractivity contribution in [1.29, 1.82) is 0 Å². The number of anilines is 2. The Morgan fingerprint density at radius 2 is 1.62 bits per heavy atom. The Morgan fingerprint density at radius 3 is 2.10 bits per heavy atom. The van der Waals surface area contributed by atoms with Crippen LogP contribution in [0.3, 0.4) is 0 Å². The average Bonchev–Trinajstić information content (AvgIpc) is 2.43. The fourth-order valence-electron chi connectivity index (χ4n) is 1.86. The van der Waals surface area contributed by atoms with Gasteiger partial charge in [-0.3, -0.25) is 0 Å². The molecule has 1 rings (SSSR count). The molecule has 4 heteroatoms. The zero-order valence-corrected chi connectivity index (χ0v) is 14.8. The lowest BCUT2D eigenvalue weighted by Gasteiger charge is -2.28. The van der Waals surface area contributed by atoms with Crippen LogP contribution in [0.2, 0.25) is 0 Å². The molecule has 21 heavy (non-hydrogen) atoms. The van der Waals surface area contributed by atoms with Crippen molar-refractivity contribution in [2.45, 2.75) is 61.3 Å². The van der Waals surface area contributed by atoms with E-state index >= 15 is 0 Å². The SMILES string of the molecule is CCCNc1nc(CC)nc(NCC(C)C(C)(C)C)c1C. The Kier molecular flexibility index (Phi) is 6.43. The van der Waals surface area contributed by atoms with Crippen LogP contribution in [0.5, 0.6) is 0 Å². The molecular formula is C17H32N4. The summed E-state index contributed by atoms with van der Waals surface area (Å²) < 4.78 is 0. The van der Waals surface area contributed by atoms with Crippen LogP contribution >= 0.6 is 0 Å². The standard InChI is InChI=1S/C17H32N4/c1-8-10-18-15-13(4)16(21-14(9-2)20-15)19-11-12(3)17(5,6)7/h12H,8-11H2,1-7H3,(H2,18,19,20,21). The van der Waals surface area contributed by atoms with Gasteiger partial charge in [0.2, 0.25) is 0 Å². The highest BCUT2D eigenvalue weighted by atomic mass is 15.1. The summed E-state index contributed by atoms with van der Waals surface area (Å²) in [6.45, 7) is 17.3. The summed E-state index contributed by atoms with van der Waals surface area (Å²) in [6, 6.07) is 0. The molecule has 0 spiro atoms. The van der Waals surface area contributed by atoms with Crippen molar-refractivity contribution in [1.82, 2.24) is 9.97 Å². The van der Waals surface area contributed by atoms with Gasteiger partial charge in [0, 0.05) is 25.1 Å². The highest BCUT2D eigenvalue weighted by Crippen LogP contribution is 2.26. The number of nitrogens with one attached hydrogen (secondary N) is 2. The van der Waals surface area contributed by atoms with E-state index < -0.39 is 0 Å². The number of aryl methyl sites for hydroxylation is 1. The first kappa shape index (κ1) is 17.7. The topological polar surface area (TPSA) is 49.8 Å². The summed E-state index contributed by atoms with van der Waals surface area (Å²) in [5.41, 5.74) is 1.41. The molecule has 1 unspecified atom stereocenters. The zero-order valence-electron chi connectivity index (χ0n) is 14.8. The molecule has 2 N–H and O–H groups in total. The van der Waals surface area contributed by atoms with Gasteiger partial charge in [0.15, 0.2) is 0 Å². The van der Waals surface area contributed by atoms with Crippen LogP contribution < -0.4 is 10.6 Å². The minimum Gasteiger partial charge on any atom is -0.370 e. The molecule has 0 radical (unpaired) electrons. The van der Waals surface area contributed by atoms with Crippen LogP contribution in [0.25, 0.3) is 0 Å². The van der Waals surface area contributed by atoms with E-state index in [0.29, 0.717) is 11.3 Å². The van der Waals surface area contributed by atoms with Gasteiger partial charge in [0.25, 0.3) is 0 Å². The van der Waals surface area contributed by atoms with E-state index in [2.05, 4.69) is 69.1 Å². The first-order valence-electron chi connectivity index (χ1n) is 8.14. The largest absolute Gasteiger partial charge is 0.370 e. The van der Waals surface area contributed by atoms with E-state index in [-0.39, 0.29) is 0 Å². The van der Waals surface area contributed by atoms with Crippen molar-refractivity contribution < 1.29 is 0 Å². The van der Waals surface area contributed by atoms with Gasteiger partial charge in [-0.25, -0.2) is 9.97 Å². The molecule has 0 aliphatic heterocycles. The second-order valence-corrected chi connectivity index (χ2v) is 6.89. The molecule has 0 fully saturated rings. The van der Waals surface area contributed by atoms with E-state index in [1.807, 2.05) is 0 Å². The molecule has 0 aromatic carbocycles. The van der Waals surface area contributed by atoms with E-state index in [4.69, 9.17) is 0 Å². The molecule has 1 heterocycles. The molecule has 1 aromatic heterocycles. The molecule has 0 saturated carbocycles. The second-order valence-electron chi connectivity index (χ2n) is 6.89. The fourth-order valence-corrected chi connectivity index (χ4v) is 1.86. The van der Waals surface area contributed by atoms with Crippen molar-refractivity contribution in [3.05, 3.63) is 11.4 Å². The van der Waals surface area contributed by atoms with Gasteiger partial charge in [0.05, 0.1) is 0 Å². The third kappa shape index (κ3) is 5.18. The number of aromatic nitrogens is 2. The van der Waals surface area contributed by atoms with E-state index in [1.165, 1.54) is 0 Å². The summed E-state index contributed by atoms with van der Waals surface area (Å²) in [4.78, 5) is 9.25. The molecule has 0 aliphatic carbocycles.